The van der Waals surface area contributed by atoms with Crippen LogP contribution in [0, 0.1) is 9.49 Å². The zero-order valence-corrected chi connectivity index (χ0v) is 13.4. The van der Waals surface area contributed by atoms with Crippen molar-refractivity contribution in [1.29, 1.82) is 0 Å². The molecule has 1 saturated carbocycles. The average Bonchev–Trinajstić information content (AvgIpc) is 2.87. The molecule has 2 unspecified atom stereocenters. The number of ether oxygens (including phenoxy) is 1. The zero-order chi connectivity index (χ0) is 13.3. The van der Waals surface area contributed by atoms with Crippen LogP contribution in [0.5, 0.6) is 0 Å². The van der Waals surface area contributed by atoms with Gasteiger partial charge in [-0.25, -0.2) is 0 Å². The number of halogens is 1. The molecule has 3 rings (SSSR count). The third-order valence-corrected chi connectivity index (χ3v) is 5.53. The molecule has 104 valence electrons. The lowest BCUT2D eigenvalue weighted by Crippen LogP contribution is -2.40. The van der Waals surface area contributed by atoms with E-state index in [9.17, 15) is 0 Å². The maximum Gasteiger partial charge on any atom is 0.0685 e. The van der Waals surface area contributed by atoms with Crippen molar-refractivity contribution in [2.45, 2.75) is 50.2 Å². The zero-order valence-electron chi connectivity index (χ0n) is 11.3. The lowest BCUT2D eigenvalue weighted by molar-refractivity contribution is -0.0963. The quantitative estimate of drug-likeness (QED) is 0.797. The molecule has 0 bridgehead atoms. The van der Waals surface area contributed by atoms with Crippen molar-refractivity contribution in [3.63, 3.8) is 0 Å². The topological polar surface area (TPSA) is 35.2 Å². The largest absolute Gasteiger partial charge is 0.375 e. The minimum absolute atomic E-state index is 0.165. The Morgan fingerprint density at radius 2 is 1.89 bits per heavy atom. The Morgan fingerprint density at radius 1 is 1.21 bits per heavy atom. The number of rotatable bonds is 2. The summed E-state index contributed by atoms with van der Waals surface area (Å²) < 4.78 is 7.38. The molecule has 1 aromatic carbocycles. The lowest BCUT2D eigenvalue weighted by atomic mass is 9.79. The summed E-state index contributed by atoms with van der Waals surface area (Å²) in [5.74, 6) is 0.576. The van der Waals surface area contributed by atoms with Crippen molar-refractivity contribution in [3.8, 4) is 0 Å². The van der Waals surface area contributed by atoms with Crippen LogP contribution >= 0.6 is 22.6 Å². The van der Waals surface area contributed by atoms with Gasteiger partial charge in [0.15, 0.2) is 0 Å². The first-order valence-electron chi connectivity index (χ1n) is 7.34. The van der Waals surface area contributed by atoms with Gasteiger partial charge in [0.25, 0.3) is 0 Å². The predicted molar refractivity (Wildman–Crippen MR) is 86.0 cm³/mol. The van der Waals surface area contributed by atoms with Crippen LogP contribution in [0.2, 0.25) is 0 Å². The van der Waals surface area contributed by atoms with Crippen molar-refractivity contribution in [3.05, 3.63) is 33.4 Å². The van der Waals surface area contributed by atoms with E-state index in [1.807, 2.05) is 0 Å². The van der Waals surface area contributed by atoms with E-state index in [0.29, 0.717) is 5.92 Å². The Bertz CT molecular complexity index is 425. The van der Waals surface area contributed by atoms with Crippen molar-refractivity contribution in [2.75, 3.05) is 6.61 Å². The third-order valence-electron chi connectivity index (χ3n) is 4.81. The van der Waals surface area contributed by atoms with Crippen LogP contribution in [0.25, 0.3) is 0 Å². The van der Waals surface area contributed by atoms with Crippen LogP contribution in [0.15, 0.2) is 24.3 Å². The molecule has 1 aliphatic carbocycles. The van der Waals surface area contributed by atoms with Crippen LogP contribution < -0.4 is 5.73 Å². The van der Waals surface area contributed by atoms with Gasteiger partial charge < -0.3 is 10.5 Å². The number of hydrogen-bond donors (Lipinski definition) is 1. The van der Waals surface area contributed by atoms with Gasteiger partial charge in [0.1, 0.15) is 0 Å². The van der Waals surface area contributed by atoms with Gasteiger partial charge >= 0.3 is 0 Å². The fraction of sp³-hybridized carbons (Fsp3) is 0.625. The van der Waals surface area contributed by atoms with Crippen LogP contribution in [-0.2, 0) is 4.74 Å². The van der Waals surface area contributed by atoms with Crippen molar-refractivity contribution >= 4 is 22.6 Å². The van der Waals surface area contributed by atoms with Gasteiger partial charge in [-0.3, -0.25) is 0 Å². The molecule has 2 atom stereocenters. The average molecular weight is 371 g/mol. The monoisotopic (exact) mass is 371 g/mol. The molecule has 2 N–H and O–H groups in total. The van der Waals surface area contributed by atoms with Crippen molar-refractivity contribution in [1.82, 2.24) is 0 Å². The Kier molecular flexibility index (Phi) is 4.15. The van der Waals surface area contributed by atoms with Crippen LogP contribution in [0.3, 0.4) is 0 Å². The molecular weight excluding hydrogens is 349 g/mol. The Labute approximate surface area is 129 Å². The summed E-state index contributed by atoms with van der Waals surface area (Å²) in [5.41, 5.74) is 7.96. The van der Waals surface area contributed by atoms with Gasteiger partial charge in [0.05, 0.1) is 5.60 Å². The highest BCUT2D eigenvalue weighted by molar-refractivity contribution is 14.1. The van der Waals surface area contributed by atoms with E-state index < -0.39 is 0 Å². The van der Waals surface area contributed by atoms with Crippen LogP contribution in [0.4, 0.5) is 0 Å². The molecule has 0 amide bonds. The molecule has 1 saturated heterocycles. The molecule has 0 aromatic heterocycles. The summed E-state index contributed by atoms with van der Waals surface area (Å²) in [7, 11) is 0. The maximum absolute atomic E-state index is 6.51. The molecule has 2 fully saturated rings. The normalized spacial score (nSPS) is 27.6. The molecule has 19 heavy (non-hydrogen) atoms. The maximum atomic E-state index is 6.51. The van der Waals surface area contributed by atoms with E-state index >= 15 is 0 Å². The highest BCUT2D eigenvalue weighted by Gasteiger charge is 2.41. The molecule has 1 spiro atoms. The number of benzene rings is 1. The van der Waals surface area contributed by atoms with E-state index in [1.165, 1.54) is 34.8 Å². The molecule has 2 nitrogen and oxygen atoms in total. The van der Waals surface area contributed by atoms with Crippen molar-refractivity contribution < 1.29 is 4.74 Å². The Morgan fingerprint density at radius 3 is 2.58 bits per heavy atom. The van der Waals surface area contributed by atoms with E-state index in [1.54, 1.807) is 0 Å². The van der Waals surface area contributed by atoms with Crippen LogP contribution in [-0.4, -0.2) is 12.2 Å². The smallest absolute Gasteiger partial charge is 0.0685 e. The van der Waals surface area contributed by atoms with Gasteiger partial charge in [-0.15, -0.1) is 0 Å². The minimum atomic E-state index is 0.165. The summed E-state index contributed by atoms with van der Waals surface area (Å²) in [6.45, 7) is 0.892. The molecule has 1 aliphatic heterocycles. The van der Waals surface area contributed by atoms with Gasteiger partial charge in [-0.05, 0) is 71.9 Å². The Hall–Kier alpha value is -0.130. The van der Waals surface area contributed by atoms with E-state index in [0.717, 1.165) is 19.4 Å². The van der Waals surface area contributed by atoms with E-state index in [4.69, 9.17) is 10.5 Å². The summed E-state index contributed by atoms with van der Waals surface area (Å²) in [4.78, 5) is 0. The summed E-state index contributed by atoms with van der Waals surface area (Å²) in [6.07, 6.45) is 7.39. The predicted octanol–water partition coefficient (Wildman–Crippen LogP) is 4.03. The van der Waals surface area contributed by atoms with Gasteiger partial charge in [-0.1, -0.05) is 25.0 Å². The van der Waals surface area contributed by atoms with Gasteiger partial charge in [0, 0.05) is 16.2 Å². The fourth-order valence-electron chi connectivity index (χ4n) is 3.70. The SMILES string of the molecule is NC(c1ccc(I)cc1)C1CCOC2(CCCC2)C1. The molecule has 1 aromatic rings. The molecule has 2 aliphatic rings. The summed E-state index contributed by atoms with van der Waals surface area (Å²) in [5, 5.41) is 0. The standard InChI is InChI=1S/C16H22INO/c17-14-5-3-12(4-6-14)15(18)13-7-10-19-16(11-13)8-1-2-9-16/h3-6,13,15H,1-2,7-11,18H2. The summed E-state index contributed by atoms with van der Waals surface area (Å²) >= 11 is 2.34. The highest BCUT2D eigenvalue weighted by Crippen LogP contribution is 2.44. The third kappa shape index (κ3) is 2.98. The lowest BCUT2D eigenvalue weighted by Gasteiger charge is -2.40. The molecule has 3 heteroatoms. The van der Waals surface area contributed by atoms with E-state index in [2.05, 4.69) is 46.9 Å². The first-order valence-corrected chi connectivity index (χ1v) is 8.41. The second-order valence-electron chi connectivity index (χ2n) is 6.07. The molecular formula is C16H22INO. The Balaban J connectivity index is 1.72. The fourth-order valence-corrected chi connectivity index (χ4v) is 4.06. The van der Waals surface area contributed by atoms with Crippen molar-refractivity contribution in [2.24, 2.45) is 11.7 Å². The first-order chi connectivity index (χ1) is 9.19. The minimum Gasteiger partial charge on any atom is -0.375 e. The number of hydrogen-bond acceptors (Lipinski definition) is 2. The first kappa shape index (κ1) is 13.8. The van der Waals surface area contributed by atoms with E-state index in [-0.39, 0.29) is 11.6 Å². The highest BCUT2D eigenvalue weighted by atomic mass is 127. The number of nitrogens with two attached hydrogens (primary N) is 1. The second-order valence-corrected chi connectivity index (χ2v) is 7.31. The second kappa shape index (κ2) is 5.70. The van der Waals surface area contributed by atoms with Gasteiger partial charge in [0.2, 0.25) is 0 Å². The molecule has 1 heterocycles. The molecule has 0 radical (unpaired) electrons. The summed E-state index contributed by atoms with van der Waals surface area (Å²) in [6, 6.07) is 8.84. The van der Waals surface area contributed by atoms with Gasteiger partial charge in [-0.2, -0.15) is 0 Å². The van der Waals surface area contributed by atoms with Crippen LogP contribution in [0.1, 0.15) is 50.1 Å².